The number of alkyl halides is 8. The van der Waals surface area contributed by atoms with Gasteiger partial charge in [-0.15, -0.1) is 46.4 Å². The maximum Gasteiger partial charge on any atom is 0.0515 e. The molecule has 0 aliphatic carbocycles. The van der Waals surface area contributed by atoms with Crippen LogP contribution in [0.3, 0.4) is 0 Å². The minimum Gasteiger partial charge on any atom is -0.122 e. The van der Waals surface area contributed by atoms with Crippen molar-refractivity contribution in [3.63, 3.8) is 0 Å². The van der Waals surface area contributed by atoms with E-state index in [1.54, 1.807) is 0 Å². The van der Waals surface area contributed by atoms with Gasteiger partial charge >= 0.3 is 0 Å². The fourth-order valence-corrected chi connectivity index (χ4v) is 4.11. The van der Waals surface area contributed by atoms with Crippen molar-refractivity contribution in [2.24, 2.45) is 0 Å². The van der Waals surface area contributed by atoms with E-state index in [1.165, 1.54) is 11.1 Å². The Balaban J connectivity index is 0. The Morgan fingerprint density at radius 3 is 1.21 bits per heavy atom. The Bertz CT molecular complexity index is 412. The highest BCUT2D eigenvalue weighted by Gasteiger charge is 2.24. The first-order chi connectivity index (χ1) is 12.8. The van der Waals surface area contributed by atoms with Crippen LogP contribution in [0.1, 0.15) is 53.4 Å². The van der Waals surface area contributed by atoms with Gasteiger partial charge in [-0.1, -0.05) is 87.0 Å². The van der Waals surface area contributed by atoms with Gasteiger partial charge in [-0.3, -0.25) is 0 Å². The second kappa shape index (κ2) is 18.0. The normalized spacial score (nSPS) is 15.7. The molecule has 0 aromatic heterocycles. The van der Waals surface area contributed by atoms with Crippen molar-refractivity contribution < 1.29 is 0 Å². The van der Waals surface area contributed by atoms with Gasteiger partial charge in [0, 0.05) is 32.1 Å². The molecule has 0 saturated carbocycles. The summed E-state index contributed by atoms with van der Waals surface area (Å²) >= 11 is 37.7. The highest BCUT2D eigenvalue weighted by Crippen LogP contribution is 2.30. The van der Waals surface area contributed by atoms with Gasteiger partial charge < -0.3 is 0 Å². The topological polar surface area (TPSA) is 0 Å². The van der Waals surface area contributed by atoms with Gasteiger partial charge in [0.2, 0.25) is 0 Å². The molecule has 0 rings (SSSR count). The van der Waals surface area contributed by atoms with E-state index in [0.717, 1.165) is 36.3 Å². The molecule has 0 N–H and O–H groups in total. The van der Waals surface area contributed by atoms with Gasteiger partial charge in [-0.05, 0) is 53.4 Å². The molecule has 168 valence electrons. The van der Waals surface area contributed by atoms with Crippen molar-refractivity contribution in [1.29, 1.82) is 0 Å². The summed E-state index contributed by atoms with van der Waals surface area (Å²) in [5.74, 6) is 1.16. The summed E-state index contributed by atoms with van der Waals surface area (Å²) in [5, 5.41) is 1.78. The first-order valence-electron chi connectivity index (χ1n) is 9.09. The Hall–Kier alpha value is 2.56. The van der Waals surface area contributed by atoms with Crippen molar-refractivity contribution >= 4 is 110 Å². The average Bonchev–Trinajstić information content (AvgIpc) is 2.60. The van der Waals surface area contributed by atoms with Gasteiger partial charge in [0.25, 0.3) is 0 Å². The molecule has 2 atom stereocenters. The average molecular weight is 734 g/mol. The third-order valence-electron chi connectivity index (χ3n) is 4.00. The summed E-state index contributed by atoms with van der Waals surface area (Å²) in [5.41, 5.74) is 2.68. The van der Waals surface area contributed by atoms with Crippen LogP contribution in [-0.4, -0.2) is 41.8 Å². The van der Waals surface area contributed by atoms with Crippen LogP contribution in [0.25, 0.3) is 0 Å². The number of hydrogen-bond donors (Lipinski definition) is 0. The molecule has 8 heteroatoms. The summed E-state index contributed by atoms with van der Waals surface area (Å²) < 4.78 is 0. The lowest BCUT2D eigenvalue weighted by Crippen LogP contribution is -2.24. The third-order valence-corrected chi connectivity index (χ3v) is 10.0. The fraction of sp³-hybridized carbons (Fsp3) is 0.800. The molecule has 0 amide bonds. The maximum absolute atomic E-state index is 6.18. The van der Waals surface area contributed by atoms with Crippen molar-refractivity contribution in [3.8, 4) is 0 Å². The maximum atomic E-state index is 6.18. The monoisotopic (exact) mass is 728 g/mol. The molecule has 0 saturated heterocycles. The Kier molecular flexibility index (Phi) is 21.1. The lowest BCUT2D eigenvalue weighted by molar-refractivity contribution is 0.616. The standard InChI is InChI=1S/2C10H16Br2Cl2/c2*1-10(2,14)9(12)4-3-8(7-11)5-6-13/h2*5,9H,3-4,6-7H2,1-2H3. The molecule has 0 fully saturated rings. The molecule has 2 unspecified atom stereocenters. The molecule has 0 heterocycles. The summed E-state index contributed by atoms with van der Waals surface area (Å²) in [4.78, 5) is 0.264. The molecule has 0 bridgehead atoms. The summed E-state index contributed by atoms with van der Waals surface area (Å²) in [7, 11) is 0. The van der Waals surface area contributed by atoms with E-state index in [1.807, 2.05) is 27.7 Å². The number of rotatable bonds is 12. The van der Waals surface area contributed by atoms with E-state index >= 15 is 0 Å². The Morgan fingerprint density at radius 2 is 1.04 bits per heavy atom. The van der Waals surface area contributed by atoms with Crippen LogP contribution in [0.15, 0.2) is 23.3 Å². The fourth-order valence-electron chi connectivity index (χ4n) is 1.98. The van der Waals surface area contributed by atoms with Crippen LogP contribution < -0.4 is 0 Å². The molecule has 0 aromatic rings. The van der Waals surface area contributed by atoms with Crippen LogP contribution in [0.2, 0.25) is 0 Å². The zero-order chi connectivity index (χ0) is 22.4. The van der Waals surface area contributed by atoms with Crippen LogP contribution in [0.4, 0.5) is 0 Å². The highest BCUT2D eigenvalue weighted by molar-refractivity contribution is 9.10. The van der Waals surface area contributed by atoms with Crippen LogP contribution >= 0.6 is 110 Å². The van der Waals surface area contributed by atoms with E-state index in [2.05, 4.69) is 75.9 Å². The molecule has 28 heavy (non-hydrogen) atoms. The van der Waals surface area contributed by atoms with Gasteiger partial charge in [0.05, 0.1) is 9.75 Å². The molecule has 0 aromatic carbocycles. The molecule has 0 aliphatic heterocycles. The minimum atomic E-state index is -0.196. The highest BCUT2D eigenvalue weighted by atomic mass is 79.9. The second-order valence-corrected chi connectivity index (χ2v) is 13.3. The molecule has 0 nitrogen and oxygen atoms in total. The molecule has 0 aliphatic rings. The van der Waals surface area contributed by atoms with E-state index in [-0.39, 0.29) is 9.75 Å². The van der Waals surface area contributed by atoms with Crippen molar-refractivity contribution in [1.82, 2.24) is 0 Å². The van der Waals surface area contributed by atoms with Crippen LogP contribution in [0.5, 0.6) is 0 Å². The zero-order valence-electron chi connectivity index (χ0n) is 17.0. The van der Waals surface area contributed by atoms with Crippen molar-refractivity contribution in [2.45, 2.75) is 72.8 Å². The van der Waals surface area contributed by atoms with Crippen molar-refractivity contribution in [3.05, 3.63) is 23.3 Å². The largest absolute Gasteiger partial charge is 0.122 e. The number of hydrogen-bond acceptors (Lipinski definition) is 0. The van der Waals surface area contributed by atoms with E-state index in [9.17, 15) is 0 Å². The summed E-state index contributed by atoms with van der Waals surface area (Å²) in [6, 6.07) is 0. The lowest BCUT2D eigenvalue weighted by Gasteiger charge is -2.23. The third kappa shape index (κ3) is 18.2. The smallest absolute Gasteiger partial charge is 0.0515 e. The predicted molar refractivity (Wildman–Crippen MR) is 149 cm³/mol. The predicted octanol–water partition coefficient (Wildman–Crippen LogP) is 10.2. The minimum absolute atomic E-state index is 0.196. The van der Waals surface area contributed by atoms with E-state index < -0.39 is 0 Å². The summed E-state index contributed by atoms with van der Waals surface area (Å²) in [6.45, 7) is 8.08. The first kappa shape index (κ1) is 32.7. The quantitative estimate of drug-likeness (QED) is 0.138. The van der Waals surface area contributed by atoms with E-state index in [4.69, 9.17) is 46.4 Å². The van der Waals surface area contributed by atoms with Gasteiger partial charge in [0.1, 0.15) is 0 Å². The first-order valence-corrected chi connectivity index (χ1v) is 15.0. The molecular formula is C20H32Br4Cl4. The van der Waals surface area contributed by atoms with Crippen LogP contribution in [-0.2, 0) is 0 Å². The molecule has 0 spiro atoms. The SMILES string of the molecule is CC(C)(Cl)C(Br)CCC(=CCCl)CBr.CC(C)(Cl)C(Br)CCC(=CCCl)CBr. The second-order valence-electron chi connectivity index (χ2n) is 7.44. The molecule has 0 radical (unpaired) electrons. The summed E-state index contributed by atoms with van der Waals surface area (Å²) in [6.07, 6.45) is 8.23. The van der Waals surface area contributed by atoms with Gasteiger partial charge in [-0.25, -0.2) is 0 Å². The molecular weight excluding hydrogens is 702 g/mol. The van der Waals surface area contributed by atoms with Crippen molar-refractivity contribution in [2.75, 3.05) is 22.4 Å². The zero-order valence-corrected chi connectivity index (χ0v) is 26.4. The van der Waals surface area contributed by atoms with Gasteiger partial charge in [0.15, 0.2) is 0 Å². The lowest BCUT2D eigenvalue weighted by atomic mass is 10.0. The number of halogens is 8. The van der Waals surface area contributed by atoms with Gasteiger partial charge in [-0.2, -0.15) is 0 Å². The Morgan fingerprint density at radius 1 is 0.750 bits per heavy atom. The number of allylic oxidation sites excluding steroid dienone is 4. The van der Waals surface area contributed by atoms with E-state index in [0.29, 0.717) is 21.4 Å². The Labute approximate surface area is 226 Å². The van der Waals surface area contributed by atoms with Crippen LogP contribution in [0, 0.1) is 0 Å².